The zero-order valence-corrected chi connectivity index (χ0v) is 10.7. The molecule has 100 valence electrons. The van der Waals surface area contributed by atoms with Crippen LogP contribution in [0.15, 0.2) is 24.3 Å². The number of amides is 1. The fraction of sp³-hybridized carbons (Fsp3) is 0.500. The number of carbonyl (C=O) groups is 1. The van der Waals surface area contributed by atoms with Gasteiger partial charge < -0.3 is 10.0 Å². The van der Waals surface area contributed by atoms with Gasteiger partial charge in [0.2, 0.25) is 5.91 Å². The molecule has 1 aromatic rings. The van der Waals surface area contributed by atoms with Crippen LogP contribution < -0.4 is 0 Å². The molecule has 0 saturated heterocycles. The summed E-state index contributed by atoms with van der Waals surface area (Å²) in [6, 6.07) is 6.11. The van der Waals surface area contributed by atoms with Crippen LogP contribution in [0.5, 0.6) is 0 Å². The second-order valence-corrected chi connectivity index (χ2v) is 4.41. The molecule has 0 fully saturated rings. The van der Waals surface area contributed by atoms with Gasteiger partial charge in [0.1, 0.15) is 5.82 Å². The van der Waals surface area contributed by atoms with Crippen molar-refractivity contribution in [2.24, 2.45) is 0 Å². The smallest absolute Gasteiger partial charge is 0.226 e. The van der Waals surface area contributed by atoms with E-state index >= 15 is 0 Å². The van der Waals surface area contributed by atoms with E-state index in [1.54, 1.807) is 24.1 Å². The van der Waals surface area contributed by atoms with Crippen LogP contribution in [0, 0.1) is 5.82 Å². The van der Waals surface area contributed by atoms with Crippen molar-refractivity contribution in [2.75, 3.05) is 20.2 Å². The predicted molar refractivity (Wildman–Crippen MR) is 68.7 cm³/mol. The zero-order valence-electron chi connectivity index (χ0n) is 10.7. The third-order valence-electron chi connectivity index (χ3n) is 2.82. The number of likely N-dealkylation sites (N-methyl/N-ethyl adjacent to an activating group) is 1. The van der Waals surface area contributed by atoms with Crippen LogP contribution in [0.25, 0.3) is 0 Å². The van der Waals surface area contributed by atoms with Crippen molar-refractivity contribution in [3.63, 3.8) is 0 Å². The summed E-state index contributed by atoms with van der Waals surface area (Å²) in [6.45, 7) is 0.870. The molecule has 0 aliphatic carbocycles. The van der Waals surface area contributed by atoms with Gasteiger partial charge in [0.25, 0.3) is 0 Å². The number of aliphatic hydroxyl groups is 1. The zero-order chi connectivity index (χ0) is 13.4. The second-order valence-electron chi connectivity index (χ2n) is 4.41. The second kappa shape index (κ2) is 7.82. The highest BCUT2D eigenvalue weighted by Crippen LogP contribution is 2.06. The van der Waals surface area contributed by atoms with Crippen LogP contribution >= 0.6 is 0 Å². The van der Waals surface area contributed by atoms with Crippen LogP contribution in [0.4, 0.5) is 4.39 Å². The van der Waals surface area contributed by atoms with Crippen molar-refractivity contribution in [3.05, 3.63) is 35.6 Å². The number of unbranched alkanes of at least 4 members (excludes halogenated alkanes) is 2. The van der Waals surface area contributed by atoms with Gasteiger partial charge >= 0.3 is 0 Å². The highest BCUT2D eigenvalue weighted by molar-refractivity contribution is 5.78. The third-order valence-corrected chi connectivity index (χ3v) is 2.82. The van der Waals surface area contributed by atoms with Gasteiger partial charge in [0, 0.05) is 20.2 Å². The Morgan fingerprint density at radius 3 is 2.78 bits per heavy atom. The van der Waals surface area contributed by atoms with E-state index < -0.39 is 0 Å². The Morgan fingerprint density at radius 1 is 1.33 bits per heavy atom. The number of hydrogen-bond donors (Lipinski definition) is 1. The van der Waals surface area contributed by atoms with Gasteiger partial charge in [-0.1, -0.05) is 12.1 Å². The first kappa shape index (κ1) is 14.6. The Hall–Kier alpha value is -1.42. The lowest BCUT2D eigenvalue weighted by atomic mass is 10.1. The number of rotatable bonds is 7. The molecule has 1 N–H and O–H groups in total. The van der Waals surface area contributed by atoms with E-state index in [0.717, 1.165) is 19.3 Å². The molecule has 1 aromatic carbocycles. The molecule has 0 unspecified atom stereocenters. The highest BCUT2D eigenvalue weighted by Gasteiger charge is 2.09. The summed E-state index contributed by atoms with van der Waals surface area (Å²) < 4.78 is 13.0. The molecule has 1 amide bonds. The quantitative estimate of drug-likeness (QED) is 0.755. The van der Waals surface area contributed by atoms with E-state index in [-0.39, 0.29) is 24.8 Å². The van der Waals surface area contributed by atoms with Gasteiger partial charge in [0.15, 0.2) is 0 Å². The summed E-state index contributed by atoms with van der Waals surface area (Å²) in [5, 5.41) is 8.65. The fourth-order valence-corrected chi connectivity index (χ4v) is 1.72. The molecule has 4 heteroatoms. The molecule has 0 saturated carbocycles. The predicted octanol–water partition coefficient (Wildman–Crippen LogP) is 1.99. The molecule has 0 heterocycles. The van der Waals surface area contributed by atoms with Crippen molar-refractivity contribution in [1.29, 1.82) is 0 Å². The van der Waals surface area contributed by atoms with E-state index in [1.165, 1.54) is 12.1 Å². The molecule has 1 rings (SSSR count). The Labute approximate surface area is 107 Å². The van der Waals surface area contributed by atoms with Crippen LogP contribution in [0.3, 0.4) is 0 Å². The standard InChI is InChI=1S/C14H20FNO2/c1-16(8-3-2-4-9-17)14(18)11-12-6-5-7-13(15)10-12/h5-7,10,17H,2-4,8-9,11H2,1H3. The number of nitrogens with zero attached hydrogens (tertiary/aromatic N) is 1. The summed E-state index contributed by atoms with van der Waals surface area (Å²) in [4.78, 5) is 13.5. The first-order chi connectivity index (χ1) is 8.63. The molecule has 0 bridgehead atoms. The van der Waals surface area contributed by atoms with Crippen molar-refractivity contribution in [2.45, 2.75) is 25.7 Å². The van der Waals surface area contributed by atoms with Gasteiger partial charge in [0.05, 0.1) is 6.42 Å². The lowest BCUT2D eigenvalue weighted by Crippen LogP contribution is -2.29. The van der Waals surface area contributed by atoms with Crippen LogP contribution in [-0.4, -0.2) is 36.1 Å². The van der Waals surface area contributed by atoms with Crippen molar-refractivity contribution < 1.29 is 14.3 Å². The summed E-state index contributed by atoms with van der Waals surface area (Å²) >= 11 is 0. The van der Waals surface area contributed by atoms with Crippen LogP contribution in [0.2, 0.25) is 0 Å². The Morgan fingerprint density at radius 2 is 2.11 bits per heavy atom. The van der Waals surface area contributed by atoms with E-state index in [0.29, 0.717) is 12.1 Å². The Balaban J connectivity index is 2.35. The maximum atomic E-state index is 13.0. The average Bonchev–Trinajstić information content (AvgIpc) is 2.34. The summed E-state index contributed by atoms with van der Waals surface area (Å²) in [6.07, 6.45) is 2.79. The molecule has 3 nitrogen and oxygen atoms in total. The first-order valence-corrected chi connectivity index (χ1v) is 6.22. The Kier molecular flexibility index (Phi) is 6.36. The monoisotopic (exact) mass is 253 g/mol. The number of halogens is 1. The van der Waals surface area contributed by atoms with Gasteiger partial charge in [-0.25, -0.2) is 4.39 Å². The minimum atomic E-state index is -0.314. The molecule has 0 atom stereocenters. The molecule has 0 aromatic heterocycles. The number of hydrogen-bond acceptors (Lipinski definition) is 2. The number of benzene rings is 1. The van der Waals surface area contributed by atoms with Gasteiger partial charge in [-0.05, 0) is 37.0 Å². The van der Waals surface area contributed by atoms with Crippen molar-refractivity contribution >= 4 is 5.91 Å². The van der Waals surface area contributed by atoms with Gasteiger partial charge in [-0.15, -0.1) is 0 Å². The van der Waals surface area contributed by atoms with E-state index in [4.69, 9.17) is 5.11 Å². The van der Waals surface area contributed by atoms with E-state index in [9.17, 15) is 9.18 Å². The fourth-order valence-electron chi connectivity index (χ4n) is 1.72. The van der Waals surface area contributed by atoms with E-state index in [2.05, 4.69) is 0 Å². The molecule has 18 heavy (non-hydrogen) atoms. The molecule has 0 aliphatic heterocycles. The highest BCUT2D eigenvalue weighted by atomic mass is 19.1. The Bertz CT molecular complexity index is 382. The van der Waals surface area contributed by atoms with Crippen molar-refractivity contribution in [3.8, 4) is 0 Å². The first-order valence-electron chi connectivity index (χ1n) is 6.22. The minimum Gasteiger partial charge on any atom is -0.396 e. The van der Waals surface area contributed by atoms with Gasteiger partial charge in [-0.3, -0.25) is 4.79 Å². The van der Waals surface area contributed by atoms with Crippen LogP contribution in [0.1, 0.15) is 24.8 Å². The maximum Gasteiger partial charge on any atom is 0.226 e. The summed E-state index contributed by atoms with van der Waals surface area (Å²) in [5.41, 5.74) is 0.696. The molecular formula is C14H20FNO2. The summed E-state index contributed by atoms with van der Waals surface area (Å²) in [5.74, 6) is -0.324. The molecule has 0 aliphatic rings. The normalized spacial score (nSPS) is 10.4. The average molecular weight is 253 g/mol. The summed E-state index contributed by atoms with van der Waals surface area (Å²) in [7, 11) is 1.75. The van der Waals surface area contributed by atoms with Crippen molar-refractivity contribution in [1.82, 2.24) is 4.90 Å². The lowest BCUT2D eigenvalue weighted by Gasteiger charge is -2.17. The maximum absolute atomic E-state index is 13.0. The van der Waals surface area contributed by atoms with Gasteiger partial charge in [-0.2, -0.15) is 0 Å². The topological polar surface area (TPSA) is 40.5 Å². The molecular weight excluding hydrogens is 233 g/mol. The minimum absolute atomic E-state index is 0.00963. The molecule has 0 radical (unpaired) electrons. The number of aliphatic hydroxyl groups excluding tert-OH is 1. The SMILES string of the molecule is CN(CCCCCO)C(=O)Cc1cccc(F)c1. The number of carbonyl (C=O) groups excluding carboxylic acids is 1. The lowest BCUT2D eigenvalue weighted by molar-refractivity contribution is -0.129. The largest absolute Gasteiger partial charge is 0.396 e. The third kappa shape index (κ3) is 5.27. The van der Waals surface area contributed by atoms with E-state index in [1.807, 2.05) is 0 Å². The molecule has 0 spiro atoms. The van der Waals surface area contributed by atoms with Crippen LogP contribution in [-0.2, 0) is 11.2 Å².